The van der Waals surface area contributed by atoms with Crippen molar-refractivity contribution < 1.29 is 0 Å². The van der Waals surface area contributed by atoms with Gasteiger partial charge < -0.3 is 10.6 Å². The molecule has 0 spiro atoms. The van der Waals surface area contributed by atoms with Crippen molar-refractivity contribution in [2.75, 3.05) is 19.0 Å². The van der Waals surface area contributed by atoms with Gasteiger partial charge in [0.1, 0.15) is 5.84 Å². The van der Waals surface area contributed by atoms with Crippen LogP contribution in [0.1, 0.15) is 11.1 Å². The van der Waals surface area contributed by atoms with Crippen LogP contribution in [-0.4, -0.2) is 19.9 Å². The minimum absolute atomic E-state index is 0.119. The molecule has 3 heteroatoms. The number of nitrogens with one attached hydrogen (secondary N) is 1. The monoisotopic (exact) mass is 177 g/mol. The quantitative estimate of drug-likeness (QED) is 0.529. The van der Waals surface area contributed by atoms with Gasteiger partial charge in [-0.1, -0.05) is 0 Å². The summed E-state index contributed by atoms with van der Waals surface area (Å²) in [7, 11) is 3.99. The molecule has 3 N–H and O–H groups in total. The number of amidine groups is 1. The summed E-state index contributed by atoms with van der Waals surface area (Å²) in [6.45, 7) is 2.02. The Hall–Kier alpha value is -1.51. The van der Waals surface area contributed by atoms with Crippen LogP contribution in [0.2, 0.25) is 0 Å². The molecule has 0 heterocycles. The second-order valence-corrected chi connectivity index (χ2v) is 3.31. The van der Waals surface area contributed by atoms with Gasteiger partial charge in [0.15, 0.2) is 0 Å². The second-order valence-electron chi connectivity index (χ2n) is 3.31. The van der Waals surface area contributed by atoms with Gasteiger partial charge in [0.2, 0.25) is 0 Å². The lowest BCUT2D eigenvalue weighted by Gasteiger charge is -2.15. The van der Waals surface area contributed by atoms with E-state index in [4.69, 9.17) is 11.1 Å². The summed E-state index contributed by atoms with van der Waals surface area (Å²) in [5.74, 6) is 0.119. The highest BCUT2D eigenvalue weighted by atomic mass is 15.1. The molecular weight excluding hydrogens is 162 g/mol. The SMILES string of the molecule is Cc1cc(C(=N)N)ccc1N(C)C. The molecule has 0 bridgehead atoms. The summed E-state index contributed by atoms with van der Waals surface area (Å²) in [4.78, 5) is 2.04. The van der Waals surface area contributed by atoms with Crippen LogP contribution in [0, 0.1) is 12.3 Å². The third-order valence-corrected chi connectivity index (χ3v) is 1.99. The van der Waals surface area contributed by atoms with E-state index in [-0.39, 0.29) is 5.84 Å². The van der Waals surface area contributed by atoms with E-state index in [1.54, 1.807) is 0 Å². The van der Waals surface area contributed by atoms with Crippen LogP contribution in [0.3, 0.4) is 0 Å². The first-order valence-electron chi connectivity index (χ1n) is 4.14. The zero-order chi connectivity index (χ0) is 10.0. The molecule has 0 saturated carbocycles. The van der Waals surface area contributed by atoms with Crippen LogP contribution in [0.4, 0.5) is 5.69 Å². The van der Waals surface area contributed by atoms with Crippen LogP contribution in [0.25, 0.3) is 0 Å². The number of nitrogens with two attached hydrogens (primary N) is 1. The number of hydrogen-bond acceptors (Lipinski definition) is 2. The second kappa shape index (κ2) is 3.47. The molecule has 0 aliphatic heterocycles. The van der Waals surface area contributed by atoms with Gasteiger partial charge in [0, 0.05) is 25.3 Å². The summed E-state index contributed by atoms with van der Waals surface area (Å²) in [6, 6.07) is 5.77. The Balaban J connectivity index is 3.13. The summed E-state index contributed by atoms with van der Waals surface area (Å²) in [5, 5.41) is 7.27. The standard InChI is InChI=1S/C10H15N3/c1-7-6-8(10(11)12)4-5-9(7)13(2)3/h4-6H,1-3H3,(H3,11,12). The molecule has 0 fully saturated rings. The highest BCUT2D eigenvalue weighted by molar-refractivity contribution is 5.95. The third-order valence-electron chi connectivity index (χ3n) is 1.99. The Morgan fingerprint density at radius 3 is 2.38 bits per heavy atom. The van der Waals surface area contributed by atoms with E-state index in [0.29, 0.717) is 0 Å². The fourth-order valence-electron chi connectivity index (χ4n) is 1.32. The highest BCUT2D eigenvalue weighted by Gasteiger charge is 2.02. The first-order valence-corrected chi connectivity index (χ1v) is 4.14. The van der Waals surface area contributed by atoms with E-state index in [1.807, 2.05) is 44.1 Å². The average Bonchev–Trinajstić information content (AvgIpc) is 2.03. The van der Waals surface area contributed by atoms with E-state index in [9.17, 15) is 0 Å². The summed E-state index contributed by atoms with van der Waals surface area (Å²) >= 11 is 0. The molecule has 0 atom stereocenters. The third kappa shape index (κ3) is 1.99. The number of benzene rings is 1. The maximum Gasteiger partial charge on any atom is 0.122 e. The number of rotatable bonds is 2. The van der Waals surface area contributed by atoms with Gasteiger partial charge >= 0.3 is 0 Å². The van der Waals surface area contributed by atoms with Gasteiger partial charge in [0.05, 0.1) is 0 Å². The zero-order valence-corrected chi connectivity index (χ0v) is 8.26. The number of nitrogens with zero attached hydrogens (tertiary/aromatic N) is 1. The average molecular weight is 177 g/mol. The summed E-state index contributed by atoms with van der Waals surface area (Å²) in [5.41, 5.74) is 8.45. The molecular formula is C10H15N3. The lowest BCUT2D eigenvalue weighted by Crippen LogP contribution is -2.14. The van der Waals surface area contributed by atoms with Crippen molar-refractivity contribution >= 4 is 11.5 Å². The van der Waals surface area contributed by atoms with Crippen LogP contribution in [-0.2, 0) is 0 Å². The maximum atomic E-state index is 7.27. The highest BCUT2D eigenvalue weighted by Crippen LogP contribution is 2.18. The van der Waals surface area contributed by atoms with Gasteiger partial charge in [0.25, 0.3) is 0 Å². The van der Waals surface area contributed by atoms with Crippen LogP contribution in [0.5, 0.6) is 0 Å². The summed E-state index contributed by atoms with van der Waals surface area (Å²) in [6.07, 6.45) is 0. The number of aryl methyl sites for hydroxylation is 1. The van der Waals surface area contributed by atoms with Crippen molar-refractivity contribution in [3.05, 3.63) is 29.3 Å². The van der Waals surface area contributed by atoms with Gasteiger partial charge in [-0.2, -0.15) is 0 Å². The van der Waals surface area contributed by atoms with Gasteiger partial charge in [-0.25, -0.2) is 0 Å². The molecule has 0 aliphatic rings. The normalized spacial score (nSPS) is 9.77. The Labute approximate surface area is 78.7 Å². The van der Waals surface area contributed by atoms with Gasteiger partial charge in [-0.15, -0.1) is 0 Å². The smallest absolute Gasteiger partial charge is 0.122 e. The molecule has 13 heavy (non-hydrogen) atoms. The van der Waals surface area contributed by atoms with Crippen molar-refractivity contribution in [3.8, 4) is 0 Å². The molecule has 0 saturated heterocycles. The Bertz CT molecular complexity index is 329. The molecule has 0 aliphatic carbocycles. The largest absolute Gasteiger partial charge is 0.384 e. The Kier molecular flexibility index (Phi) is 2.56. The van der Waals surface area contributed by atoms with Crippen LogP contribution < -0.4 is 10.6 Å². The fraction of sp³-hybridized carbons (Fsp3) is 0.300. The first kappa shape index (κ1) is 9.58. The number of anilines is 1. The minimum Gasteiger partial charge on any atom is -0.384 e. The maximum absolute atomic E-state index is 7.27. The zero-order valence-electron chi connectivity index (χ0n) is 8.26. The van der Waals surface area contributed by atoms with E-state index in [0.717, 1.165) is 16.8 Å². The van der Waals surface area contributed by atoms with Crippen molar-refractivity contribution in [2.45, 2.75) is 6.92 Å². The summed E-state index contributed by atoms with van der Waals surface area (Å²) < 4.78 is 0. The number of nitrogen functional groups attached to an aromatic ring is 1. The molecule has 70 valence electrons. The lowest BCUT2D eigenvalue weighted by molar-refractivity contribution is 1.11. The first-order chi connectivity index (χ1) is 6.02. The Morgan fingerprint density at radius 2 is 2.00 bits per heavy atom. The van der Waals surface area contributed by atoms with Gasteiger partial charge in [-0.05, 0) is 30.7 Å². The minimum atomic E-state index is 0.119. The van der Waals surface area contributed by atoms with Crippen molar-refractivity contribution in [3.63, 3.8) is 0 Å². The molecule has 1 rings (SSSR count). The molecule has 1 aromatic rings. The predicted octanol–water partition coefficient (Wildman–Crippen LogP) is 1.35. The van der Waals surface area contributed by atoms with Crippen molar-refractivity contribution in [1.29, 1.82) is 5.41 Å². The molecule has 0 unspecified atom stereocenters. The van der Waals surface area contributed by atoms with Gasteiger partial charge in [-0.3, -0.25) is 5.41 Å². The predicted molar refractivity (Wildman–Crippen MR) is 56.5 cm³/mol. The molecule has 0 radical (unpaired) electrons. The fourth-order valence-corrected chi connectivity index (χ4v) is 1.32. The van der Waals surface area contributed by atoms with Crippen molar-refractivity contribution in [1.82, 2.24) is 0 Å². The van der Waals surface area contributed by atoms with E-state index in [1.165, 1.54) is 0 Å². The molecule has 1 aromatic carbocycles. The van der Waals surface area contributed by atoms with E-state index < -0.39 is 0 Å². The molecule has 0 amide bonds. The van der Waals surface area contributed by atoms with E-state index >= 15 is 0 Å². The number of hydrogen-bond donors (Lipinski definition) is 2. The molecule has 0 aromatic heterocycles. The van der Waals surface area contributed by atoms with Crippen LogP contribution >= 0.6 is 0 Å². The van der Waals surface area contributed by atoms with Crippen LogP contribution in [0.15, 0.2) is 18.2 Å². The van der Waals surface area contributed by atoms with E-state index in [2.05, 4.69) is 0 Å². The molecule has 3 nitrogen and oxygen atoms in total. The lowest BCUT2D eigenvalue weighted by atomic mass is 10.1. The van der Waals surface area contributed by atoms with Crippen molar-refractivity contribution in [2.24, 2.45) is 5.73 Å². The Morgan fingerprint density at radius 1 is 1.38 bits per heavy atom. The topological polar surface area (TPSA) is 53.1 Å².